The van der Waals surface area contributed by atoms with Crippen LogP contribution in [-0.2, 0) is 11.2 Å². The molecule has 2 aliphatic heterocycles. The van der Waals surface area contributed by atoms with Crippen molar-refractivity contribution in [1.82, 2.24) is 9.88 Å². The van der Waals surface area contributed by atoms with Crippen molar-refractivity contribution in [2.75, 3.05) is 24.0 Å². The van der Waals surface area contributed by atoms with Crippen LogP contribution in [0, 0.1) is 0 Å². The maximum absolute atomic E-state index is 13.7. The van der Waals surface area contributed by atoms with Crippen molar-refractivity contribution in [2.24, 2.45) is 0 Å². The van der Waals surface area contributed by atoms with Gasteiger partial charge in [-0.15, -0.1) is 0 Å². The lowest BCUT2D eigenvalue weighted by molar-refractivity contribution is -0.128. The van der Waals surface area contributed by atoms with Crippen molar-refractivity contribution in [3.05, 3.63) is 126 Å². The molecule has 4 aromatic carbocycles. The smallest absolute Gasteiger partial charge is 0.323 e. The Bertz CT molecular complexity index is 1810. The summed E-state index contributed by atoms with van der Waals surface area (Å²) in [6.07, 6.45) is 4.16. The molecule has 42 heavy (non-hydrogen) atoms. The molecule has 3 heterocycles. The quantitative estimate of drug-likeness (QED) is 0.209. The molecular formula is C34H28N4O4. The largest absolute Gasteiger partial charge is 0.454 e. The molecule has 8 nitrogen and oxygen atoms in total. The Morgan fingerprint density at radius 2 is 1.57 bits per heavy atom. The summed E-state index contributed by atoms with van der Waals surface area (Å²) in [5, 5.41) is 6.81. The van der Waals surface area contributed by atoms with Crippen LogP contribution < -0.4 is 20.1 Å². The van der Waals surface area contributed by atoms with Crippen LogP contribution in [0.4, 0.5) is 16.2 Å². The van der Waals surface area contributed by atoms with E-state index in [0.29, 0.717) is 29.4 Å². The lowest BCUT2D eigenvalue weighted by Gasteiger charge is -2.35. The van der Waals surface area contributed by atoms with Crippen LogP contribution in [-0.4, -0.2) is 35.2 Å². The van der Waals surface area contributed by atoms with Gasteiger partial charge in [-0.1, -0.05) is 54.6 Å². The number of carbonyl (C=O) groups excluding carboxylic acids is 2. The molecule has 2 aliphatic rings. The van der Waals surface area contributed by atoms with Crippen molar-refractivity contribution in [1.29, 1.82) is 0 Å². The van der Waals surface area contributed by atoms with Crippen LogP contribution in [0.3, 0.4) is 0 Å². The van der Waals surface area contributed by atoms with E-state index in [-0.39, 0.29) is 24.8 Å². The number of urea groups is 1. The predicted octanol–water partition coefficient (Wildman–Crippen LogP) is 6.73. The molecule has 8 heteroatoms. The molecule has 7 rings (SSSR count). The van der Waals surface area contributed by atoms with Gasteiger partial charge in [0.15, 0.2) is 11.5 Å². The van der Waals surface area contributed by atoms with E-state index in [1.807, 2.05) is 89.8 Å². The number of H-pyrrole nitrogens is 1. The van der Waals surface area contributed by atoms with Crippen LogP contribution >= 0.6 is 0 Å². The van der Waals surface area contributed by atoms with Crippen LogP contribution in [0.15, 0.2) is 103 Å². The van der Waals surface area contributed by atoms with Gasteiger partial charge >= 0.3 is 6.03 Å². The standard InChI is InChI=1S/C34H28N4O4/c39-31(17-12-22-10-14-25(15-11-22)36-34(40)35-24-6-2-1-3-7-24)38-19-18-27-26-8-4-5-9-28(26)37-32(27)33(38)23-13-16-29-30(20-23)42-21-41-29/h1-17,20,33,37H,18-19,21H2,(H2,35,36,40)/b17-12+. The summed E-state index contributed by atoms with van der Waals surface area (Å²) in [7, 11) is 0. The topological polar surface area (TPSA) is 95.7 Å². The number of nitrogens with one attached hydrogen (secondary N) is 3. The first-order valence-electron chi connectivity index (χ1n) is 13.8. The minimum Gasteiger partial charge on any atom is -0.454 e. The first-order chi connectivity index (χ1) is 20.6. The summed E-state index contributed by atoms with van der Waals surface area (Å²) in [4.78, 5) is 31.5. The summed E-state index contributed by atoms with van der Waals surface area (Å²) in [5.74, 6) is 1.30. The third-order valence-electron chi connectivity index (χ3n) is 7.65. The minimum absolute atomic E-state index is 0.0913. The second-order valence-corrected chi connectivity index (χ2v) is 10.3. The monoisotopic (exact) mass is 556 g/mol. The zero-order valence-corrected chi connectivity index (χ0v) is 22.7. The maximum Gasteiger partial charge on any atom is 0.323 e. The average molecular weight is 557 g/mol. The average Bonchev–Trinajstić information content (AvgIpc) is 3.65. The second-order valence-electron chi connectivity index (χ2n) is 10.3. The Balaban J connectivity index is 1.11. The number of hydrogen-bond donors (Lipinski definition) is 3. The van der Waals surface area contributed by atoms with Gasteiger partial charge in [0.05, 0.1) is 6.04 Å². The fourth-order valence-corrected chi connectivity index (χ4v) is 5.66. The number of para-hydroxylation sites is 2. The van der Waals surface area contributed by atoms with E-state index in [1.54, 1.807) is 12.2 Å². The fraction of sp³-hybridized carbons (Fsp3) is 0.118. The van der Waals surface area contributed by atoms with Crippen LogP contribution in [0.5, 0.6) is 11.5 Å². The van der Waals surface area contributed by atoms with Gasteiger partial charge in [-0.05, 0) is 71.7 Å². The molecule has 0 bridgehead atoms. The number of anilines is 2. The van der Waals surface area contributed by atoms with Crippen molar-refractivity contribution in [3.8, 4) is 11.5 Å². The Morgan fingerprint density at radius 1 is 0.833 bits per heavy atom. The normalized spacial score (nSPS) is 15.5. The van der Waals surface area contributed by atoms with Gasteiger partial charge in [0, 0.05) is 40.6 Å². The first-order valence-corrected chi connectivity index (χ1v) is 13.8. The highest BCUT2D eigenvalue weighted by Gasteiger charge is 2.34. The summed E-state index contributed by atoms with van der Waals surface area (Å²) in [6.45, 7) is 0.773. The summed E-state index contributed by atoms with van der Waals surface area (Å²) < 4.78 is 11.2. The Labute approximate surface area is 242 Å². The van der Waals surface area contributed by atoms with Gasteiger partial charge in [-0.3, -0.25) is 4.79 Å². The van der Waals surface area contributed by atoms with Crippen molar-refractivity contribution >= 4 is 40.3 Å². The molecule has 208 valence electrons. The predicted molar refractivity (Wildman–Crippen MR) is 163 cm³/mol. The van der Waals surface area contributed by atoms with E-state index in [1.165, 1.54) is 10.9 Å². The number of rotatable bonds is 5. The van der Waals surface area contributed by atoms with Crippen LogP contribution in [0.2, 0.25) is 0 Å². The molecule has 1 unspecified atom stereocenters. The molecule has 3 N–H and O–H groups in total. The molecule has 5 aromatic rings. The molecule has 1 aromatic heterocycles. The Morgan fingerprint density at radius 3 is 2.40 bits per heavy atom. The number of benzene rings is 4. The Kier molecular flexibility index (Phi) is 6.56. The number of aromatic nitrogens is 1. The number of aromatic amines is 1. The number of ether oxygens (including phenoxy) is 2. The molecule has 0 saturated heterocycles. The second kappa shape index (κ2) is 10.8. The molecule has 3 amide bonds. The third-order valence-corrected chi connectivity index (χ3v) is 7.65. The molecule has 0 aliphatic carbocycles. The summed E-state index contributed by atoms with van der Waals surface area (Å²) in [6, 6.07) is 30.1. The highest BCUT2D eigenvalue weighted by Crippen LogP contribution is 2.42. The van der Waals surface area contributed by atoms with Gasteiger partial charge in [0.1, 0.15) is 0 Å². The maximum atomic E-state index is 13.7. The van der Waals surface area contributed by atoms with E-state index < -0.39 is 0 Å². The van der Waals surface area contributed by atoms with Crippen LogP contribution in [0.1, 0.15) is 28.4 Å². The number of nitrogens with zero attached hydrogens (tertiary/aromatic N) is 1. The molecule has 1 atom stereocenters. The minimum atomic E-state index is -0.323. The molecule has 0 spiro atoms. The SMILES string of the molecule is O=C(Nc1ccccc1)Nc1ccc(/C=C/C(=O)N2CCc3c([nH]c4ccccc34)C2c2ccc3c(c2)OCO3)cc1. The van der Waals surface area contributed by atoms with Gasteiger partial charge < -0.3 is 30.0 Å². The molecule has 0 fully saturated rings. The first kappa shape index (κ1) is 25.5. The highest BCUT2D eigenvalue weighted by molar-refractivity contribution is 6.00. The lowest BCUT2D eigenvalue weighted by Crippen LogP contribution is -2.39. The van der Waals surface area contributed by atoms with E-state index in [2.05, 4.69) is 27.8 Å². The fourth-order valence-electron chi connectivity index (χ4n) is 5.66. The zero-order valence-electron chi connectivity index (χ0n) is 22.7. The van der Waals surface area contributed by atoms with Crippen molar-refractivity contribution in [3.63, 3.8) is 0 Å². The third kappa shape index (κ3) is 4.94. The number of carbonyl (C=O) groups is 2. The van der Waals surface area contributed by atoms with Gasteiger partial charge in [-0.2, -0.15) is 0 Å². The summed E-state index contributed by atoms with van der Waals surface area (Å²) >= 11 is 0. The van der Waals surface area contributed by atoms with E-state index in [9.17, 15) is 9.59 Å². The lowest BCUT2D eigenvalue weighted by atomic mass is 9.92. The number of fused-ring (bicyclic) bond motifs is 4. The summed E-state index contributed by atoms with van der Waals surface area (Å²) in [5.41, 5.74) is 6.48. The Hall–Kier alpha value is -5.50. The van der Waals surface area contributed by atoms with Crippen molar-refractivity contribution in [2.45, 2.75) is 12.5 Å². The van der Waals surface area contributed by atoms with Crippen molar-refractivity contribution < 1.29 is 19.1 Å². The number of hydrogen-bond acceptors (Lipinski definition) is 4. The van der Waals surface area contributed by atoms with Gasteiger partial charge in [-0.25, -0.2) is 4.79 Å². The molecule has 0 saturated carbocycles. The van der Waals surface area contributed by atoms with E-state index >= 15 is 0 Å². The zero-order chi connectivity index (χ0) is 28.5. The molecule has 0 radical (unpaired) electrons. The van der Waals surface area contributed by atoms with Gasteiger partial charge in [0.2, 0.25) is 12.7 Å². The van der Waals surface area contributed by atoms with Gasteiger partial charge in [0.25, 0.3) is 0 Å². The molecular weight excluding hydrogens is 528 g/mol. The highest BCUT2D eigenvalue weighted by atomic mass is 16.7. The van der Waals surface area contributed by atoms with E-state index in [4.69, 9.17) is 9.47 Å². The van der Waals surface area contributed by atoms with E-state index in [0.717, 1.165) is 28.8 Å². The van der Waals surface area contributed by atoms with Crippen LogP contribution in [0.25, 0.3) is 17.0 Å². The number of amides is 3.